The Kier molecular flexibility index (Phi) is 9.29. The number of benzene rings is 3. The summed E-state index contributed by atoms with van der Waals surface area (Å²) in [6, 6.07) is 25.6. The highest BCUT2D eigenvalue weighted by Crippen LogP contribution is 2.36. The summed E-state index contributed by atoms with van der Waals surface area (Å²) in [5.74, 6) is 0.344. The van der Waals surface area contributed by atoms with E-state index in [1.165, 1.54) is 25.7 Å². The Bertz CT molecular complexity index is 1750. The molecule has 3 aromatic carbocycles. The minimum Gasteiger partial charge on any atom is -0.491 e. The Hall–Kier alpha value is -4.94. The maximum Gasteiger partial charge on any atom is 0.350 e. The van der Waals surface area contributed by atoms with Gasteiger partial charge in [0.1, 0.15) is 31.3 Å². The molecule has 5 aromatic rings. The molecule has 2 aromatic heterocycles. The highest BCUT2D eigenvalue weighted by molar-refractivity contribution is 5.50. The van der Waals surface area contributed by atoms with Gasteiger partial charge in [-0.1, -0.05) is 43.2 Å². The van der Waals surface area contributed by atoms with Crippen LogP contribution in [0.15, 0.2) is 102 Å². The third-order valence-electron chi connectivity index (χ3n) is 8.75. The Morgan fingerprint density at radius 2 is 1.53 bits per heavy atom. The van der Waals surface area contributed by atoms with E-state index >= 15 is 0 Å². The number of nitrogens with one attached hydrogen (secondary N) is 2. The van der Waals surface area contributed by atoms with Crippen molar-refractivity contribution in [2.75, 3.05) is 36.9 Å². The van der Waals surface area contributed by atoms with Crippen molar-refractivity contribution in [3.05, 3.63) is 114 Å². The summed E-state index contributed by atoms with van der Waals surface area (Å²) in [6.45, 7) is 3.27. The second-order valence-corrected chi connectivity index (χ2v) is 12.1. The average Bonchev–Trinajstić information content (AvgIpc) is 3.95. The largest absolute Gasteiger partial charge is 0.491 e. The van der Waals surface area contributed by atoms with E-state index < -0.39 is 5.79 Å². The van der Waals surface area contributed by atoms with Crippen LogP contribution in [0.5, 0.6) is 5.75 Å². The summed E-state index contributed by atoms with van der Waals surface area (Å²) in [5.41, 5.74) is 3.63. The molecule has 2 fully saturated rings. The highest BCUT2D eigenvalue weighted by Gasteiger charge is 2.44. The van der Waals surface area contributed by atoms with Crippen molar-refractivity contribution in [2.45, 2.75) is 50.7 Å². The first-order chi connectivity index (χ1) is 23.1. The monoisotopic (exact) mass is 636 g/mol. The smallest absolute Gasteiger partial charge is 0.350 e. The van der Waals surface area contributed by atoms with Crippen LogP contribution in [0.1, 0.15) is 31.2 Å². The number of rotatable bonds is 14. The third kappa shape index (κ3) is 7.39. The van der Waals surface area contributed by atoms with Gasteiger partial charge < -0.3 is 24.8 Å². The first kappa shape index (κ1) is 30.7. The van der Waals surface area contributed by atoms with Gasteiger partial charge in [-0.15, -0.1) is 0 Å². The zero-order valence-corrected chi connectivity index (χ0v) is 26.3. The zero-order valence-electron chi connectivity index (χ0n) is 26.3. The van der Waals surface area contributed by atoms with E-state index in [2.05, 4.69) is 25.9 Å². The second-order valence-electron chi connectivity index (χ2n) is 12.1. The number of ether oxygens (including phenoxy) is 3. The molecule has 244 valence electrons. The Balaban J connectivity index is 0.849. The summed E-state index contributed by atoms with van der Waals surface area (Å²) >= 11 is 0. The van der Waals surface area contributed by atoms with Crippen LogP contribution in [0.3, 0.4) is 0 Å². The lowest BCUT2D eigenvalue weighted by Gasteiger charge is -2.28. The zero-order chi connectivity index (χ0) is 31.9. The molecule has 0 unspecified atom stereocenters. The number of hydrogen-bond donors (Lipinski definition) is 2. The normalized spacial score (nSPS) is 19.6. The predicted molar refractivity (Wildman–Crippen MR) is 178 cm³/mol. The van der Waals surface area contributed by atoms with Crippen LogP contribution in [0.2, 0.25) is 0 Å². The van der Waals surface area contributed by atoms with Crippen LogP contribution in [-0.4, -0.2) is 61.7 Å². The molecule has 1 aliphatic heterocycles. The summed E-state index contributed by atoms with van der Waals surface area (Å²) in [5, 5.41) is 19.7. The molecular weight excluding hydrogens is 596 g/mol. The van der Waals surface area contributed by atoms with Crippen molar-refractivity contribution in [2.24, 2.45) is 5.92 Å². The Morgan fingerprint density at radius 3 is 2.23 bits per heavy atom. The number of anilines is 2. The molecule has 0 amide bonds. The molecule has 1 saturated heterocycles. The van der Waals surface area contributed by atoms with E-state index in [0.717, 1.165) is 41.5 Å². The molecule has 2 N–H and O–H groups in total. The fraction of sp³-hybridized carbons (Fsp3) is 0.371. The predicted octanol–water partition coefficient (Wildman–Crippen LogP) is 4.69. The van der Waals surface area contributed by atoms with Crippen LogP contribution >= 0.6 is 0 Å². The van der Waals surface area contributed by atoms with E-state index in [9.17, 15) is 4.79 Å². The topological polar surface area (TPSA) is 122 Å². The molecule has 12 heteroatoms. The molecular formula is C35H40N8O4. The van der Waals surface area contributed by atoms with Crippen LogP contribution in [-0.2, 0) is 28.4 Å². The summed E-state index contributed by atoms with van der Waals surface area (Å²) in [6.07, 6.45) is 9.53. The van der Waals surface area contributed by atoms with Crippen molar-refractivity contribution in [3.63, 3.8) is 0 Å². The maximum atomic E-state index is 12.8. The number of nitrogens with zero attached hydrogens (tertiary/aromatic N) is 6. The molecule has 2 atom stereocenters. The SMILES string of the molecule is O=c1n(-c2ccc(NCCNc3ccc(OC[C@@H]4CO[C@@](Cn5nccn5)(c5ccccc5)O4)cc3)cc2)cnn1CC1CCCC1. The molecule has 47 heavy (non-hydrogen) atoms. The van der Waals surface area contributed by atoms with Gasteiger partial charge >= 0.3 is 5.69 Å². The molecule has 3 heterocycles. The first-order valence-electron chi connectivity index (χ1n) is 16.3. The van der Waals surface area contributed by atoms with E-state index in [0.29, 0.717) is 32.2 Å². The fourth-order valence-electron chi connectivity index (χ4n) is 6.26. The Labute approximate surface area is 273 Å². The van der Waals surface area contributed by atoms with Gasteiger partial charge in [0.2, 0.25) is 5.79 Å². The van der Waals surface area contributed by atoms with E-state index in [1.54, 1.807) is 32.8 Å². The van der Waals surface area contributed by atoms with Gasteiger partial charge in [-0.05, 0) is 67.3 Å². The molecule has 7 rings (SSSR count). The number of hydrogen-bond acceptors (Lipinski definition) is 9. The van der Waals surface area contributed by atoms with Gasteiger partial charge in [0.05, 0.1) is 24.7 Å². The van der Waals surface area contributed by atoms with Crippen LogP contribution in [0.25, 0.3) is 5.69 Å². The second kappa shape index (κ2) is 14.2. The van der Waals surface area contributed by atoms with Crippen molar-refractivity contribution >= 4 is 11.4 Å². The minimum atomic E-state index is -0.976. The molecule has 12 nitrogen and oxygen atoms in total. The van der Waals surface area contributed by atoms with Gasteiger partial charge in [0, 0.05) is 36.6 Å². The van der Waals surface area contributed by atoms with E-state index in [1.807, 2.05) is 78.9 Å². The van der Waals surface area contributed by atoms with E-state index in [-0.39, 0.29) is 11.8 Å². The highest BCUT2D eigenvalue weighted by atomic mass is 16.8. The molecule has 1 aliphatic carbocycles. The standard InChI is InChI=1S/C35H40N8O4/c44-34-41(26-40-42(34)22-27-6-4-5-7-27)31-14-10-29(11-15-31)36-18-19-37-30-12-16-32(17-13-30)45-23-33-24-46-35(47-33,25-43-38-20-21-39-43)28-8-2-1-3-9-28/h1-3,8-17,20-21,26-27,33,36-37H,4-7,18-19,22-25H2/t33-,35-/m1/s1. The molecule has 0 spiro atoms. The lowest BCUT2D eigenvalue weighted by molar-refractivity contribution is -0.192. The molecule has 0 radical (unpaired) electrons. The summed E-state index contributed by atoms with van der Waals surface area (Å²) in [7, 11) is 0. The third-order valence-corrected chi connectivity index (χ3v) is 8.75. The lowest BCUT2D eigenvalue weighted by Crippen LogP contribution is -2.35. The average molecular weight is 637 g/mol. The van der Waals surface area contributed by atoms with Gasteiger partial charge in [-0.3, -0.25) is 0 Å². The minimum absolute atomic E-state index is 0.0802. The van der Waals surface area contributed by atoms with Crippen LogP contribution in [0.4, 0.5) is 11.4 Å². The van der Waals surface area contributed by atoms with Crippen molar-refractivity contribution in [3.8, 4) is 11.4 Å². The van der Waals surface area contributed by atoms with Crippen LogP contribution in [0, 0.1) is 5.92 Å². The van der Waals surface area contributed by atoms with Crippen LogP contribution < -0.4 is 21.1 Å². The fourth-order valence-corrected chi connectivity index (χ4v) is 6.26. The van der Waals surface area contributed by atoms with Gasteiger partial charge in [-0.25, -0.2) is 14.0 Å². The molecule has 2 aliphatic rings. The van der Waals surface area contributed by atoms with Gasteiger partial charge in [-0.2, -0.15) is 20.1 Å². The molecule has 0 bridgehead atoms. The van der Waals surface area contributed by atoms with Crippen molar-refractivity contribution < 1.29 is 14.2 Å². The van der Waals surface area contributed by atoms with Crippen molar-refractivity contribution in [1.82, 2.24) is 29.3 Å². The quantitative estimate of drug-likeness (QED) is 0.167. The van der Waals surface area contributed by atoms with E-state index in [4.69, 9.17) is 14.2 Å². The van der Waals surface area contributed by atoms with Crippen molar-refractivity contribution in [1.29, 1.82) is 0 Å². The van der Waals surface area contributed by atoms with Gasteiger partial charge in [0.15, 0.2) is 0 Å². The van der Waals surface area contributed by atoms with Gasteiger partial charge in [0.25, 0.3) is 0 Å². The Morgan fingerprint density at radius 1 is 0.851 bits per heavy atom. The summed E-state index contributed by atoms with van der Waals surface area (Å²) < 4.78 is 21.9. The maximum absolute atomic E-state index is 12.8. The first-order valence-corrected chi connectivity index (χ1v) is 16.3. The molecule has 1 saturated carbocycles. The lowest BCUT2D eigenvalue weighted by atomic mass is 10.1. The summed E-state index contributed by atoms with van der Waals surface area (Å²) in [4.78, 5) is 14.4. The number of aromatic nitrogens is 6.